The molecule has 3 heteroatoms. The zero-order chi connectivity index (χ0) is 14.5. The van der Waals surface area contributed by atoms with E-state index in [-0.39, 0.29) is 11.6 Å². The van der Waals surface area contributed by atoms with Crippen molar-refractivity contribution in [3.05, 3.63) is 29.3 Å². The summed E-state index contributed by atoms with van der Waals surface area (Å²) in [6.07, 6.45) is 0. The second-order valence-corrected chi connectivity index (χ2v) is 7.07. The number of benzene rings is 1. The highest BCUT2D eigenvalue weighted by Crippen LogP contribution is 2.46. The number of rotatable bonds is 2. The van der Waals surface area contributed by atoms with E-state index in [2.05, 4.69) is 44.0 Å². The maximum Gasteiger partial charge on any atom is 0.120 e. The first-order valence-corrected chi connectivity index (χ1v) is 7.68. The maximum atomic E-state index is 10.2. The highest BCUT2D eigenvalue weighted by molar-refractivity contribution is 5.38. The van der Waals surface area contributed by atoms with Crippen LogP contribution in [0.5, 0.6) is 5.75 Å². The van der Waals surface area contributed by atoms with Crippen molar-refractivity contribution in [3.8, 4) is 5.75 Å². The van der Waals surface area contributed by atoms with Gasteiger partial charge in [-0.05, 0) is 52.1 Å². The number of nitrogens with zero attached hydrogens (tertiary/aromatic N) is 1. The van der Waals surface area contributed by atoms with Crippen molar-refractivity contribution < 1.29 is 5.11 Å². The van der Waals surface area contributed by atoms with Gasteiger partial charge in [-0.25, -0.2) is 0 Å². The van der Waals surface area contributed by atoms with E-state index < -0.39 is 0 Å². The van der Waals surface area contributed by atoms with Crippen LogP contribution < -0.4 is 5.32 Å². The second-order valence-electron chi connectivity index (χ2n) is 7.07. The molecule has 2 aliphatic rings. The predicted octanol–water partition coefficient (Wildman–Crippen LogP) is 2.69. The molecule has 0 saturated carbocycles. The molecule has 20 heavy (non-hydrogen) atoms. The lowest BCUT2D eigenvalue weighted by Crippen LogP contribution is -2.45. The Morgan fingerprint density at radius 3 is 2.80 bits per heavy atom. The molecule has 1 aromatic carbocycles. The average molecular weight is 274 g/mol. The summed E-state index contributed by atoms with van der Waals surface area (Å²) in [7, 11) is 0. The molecule has 110 valence electrons. The van der Waals surface area contributed by atoms with Gasteiger partial charge in [0.15, 0.2) is 0 Å². The van der Waals surface area contributed by atoms with Crippen LogP contribution >= 0.6 is 0 Å². The molecule has 2 N–H and O–H groups in total. The highest BCUT2D eigenvalue weighted by atomic mass is 16.3. The molecule has 2 aliphatic heterocycles. The molecule has 0 radical (unpaired) electrons. The summed E-state index contributed by atoms with van der Waals surface area (Å²) in [5.41, 5.74) is 2.46. The fourth-order valence-electron chi connectivity index (χ4n) is 4.29. The number of phenols is 1. The van der Waals surface area contributed by atoms with Crippen molar-refractivity contribution in [2.75, 3.05) is 19.6 Å². The van der Waals surface area contributed by atoms with Gasteiger partial charge in [0.2, 0.25) is 0 Å². The first-order chi connectivity index (χ1) is 9.41. The van der Waals surface area contributed by atoms with Gasteiger partial charge in [0.25, 0.3) is 0 Å². The Morgan fingerprint density at radius 2 is 2.10 bits per heavy atom. The van der Waals surface area contributed by atoms with Crippen molar-refractivity contribution in [3.63, 3.8) is 0 Å². The number of fused-ring (bicyclic) bond motifs is 1. The lowest BCUT2D eigenvalue weighted by atomic mass is 9.84. The van der Waals surface area contributed by atoms with Gasteiger partial charge in [0.1, 0.15) is 5.75 Å². The fourth-order valence-corrected chi connectivity index (χ4v) is 4.29. The summed E-state index contributed by atoms with van der Waals surface area (Å²) in [6, 6.07) is 6.18. The molecule has 1 aromatic rings. The van der Waals surface area contributed by atoms with E-state index in [0.717, 1.165) is 37.0 Å². The third-order valence-corrected chi connectivity index (χ3v) is 5.52. The third-order valence-electron chi connectivity index (χ3n) is 5.52. The highest BCUT2D eigenvalue weighted by Gasteiger charge is 2.51. The fraction of sp³-hybridized carbons (Fsp3) is 0.647. The first kappa shape index (κ1) is 13.9. The van der Waals surface area contributed by atoms with Crippen LogP contribution in [0.1, 0.15) is 37.9 Å². The summed E-state index contributed by atoms with van der Waals surface area (Å²) in [4.78, 5) is 2.58. The van der Waals surface area contributed by atoms with Crippen LogP contribution in [-0.2, 0) is 0 Å². The number of hydrogen-bond donors (Lipinski definition) is 2. The van der Waals surface area contributed by atoms with Crippen molar-refractivity contribution in [1.82, 2.24) is 10.2 Å². The summed E-state index contributed by atoms with van der Waals surface area (Å²) in [5, 5.41) is 13.7. The minimum Gasteiger partial charge on any atom is -0.508 e. The Morgan fingerprint density at radius 1 is 1.35 bits per heavy atom. The summed E-state index contributed by atoms with van der Waals surface area (Å²) in [5.74, 6) is 1.89. The van der Waals surface area contributed by atoms with Crippen LogP contribution in [0.4, 0.5) is 0 Å². The molecule has 0 spiro atoms. The molecule has 3 atom stereocenters. The van der Waals surface area contributed by atoms with E-state index in [4.69, 9.17) is 0 Å². The van der Waals surface area contributed by atoms with Gasteiger partial charge in [-0.15, -0.1) is 0 Å². The van der Waals surface area contributed by atoms with Crippen LogP contribution in [0.3, 0.4) is 0 Å². The topological polar surface area (TPSA) is 35.5 Å². The van der Waals surface area contributed by atoms with Crippen LogP contribution in [0, 0.1) is 18.8 Å². The molecule has 2 saturated heterocycles. The van der Waals surface area contributed by atoms with Gasteiger partial charge >= 0.3 is 0 Å². The van der Waals surface area contributed by atoms with E-state index in [0.29, 0.717) is 5.75 Å². The molecule has 0 aromatic heterocycles. The molecule has 0 bridgehead atoms. The van der Waals surface area contributed by atoms with Gasteiger partial charge in [0, 0.05) is 30.2 Å². The van der Waals surface area contributed by atoms with Crippen LogP contribution in [0.15, 0.2) is 18.2 Å². The molecule has 2 heterocycles. The number of likely N-dealkylation sites (tertiary alicyclic amines) is 1. The quantitative estimate of drug-likeness (QED) is 0.870. The summed E-state index contributed by atoms with van der Waals surface area (Å²) < 4.78 is 0. The number of phenolic OH excluding ortho intramolecular Hbond substituents is 1. The Labute approximate surface area is 122 Å². The van der Waals surface area contributed by atoms with Crippen molar-refractivity contribution in [1.29, 1.82) is 0 Å². The Hall–Kier alpha value is -1.06. The zero-order valence-electron chi connectivity index (χ0n) is 13.0. The van der Waals surface area contributed by atoms with E-state index in [9.17, 15) is 5.11 Å². The summed E-state index contributed by atoms with van der Waals surface area (Å²) in [6.45, 7) is 12.4. The van der Waals surface area contributed by atoms with Gasteiger partial charge in [-0.3, -0.25) is 4.90 Å². The normalized spacial score (nSPS) is 30.4. The number of nitrogens with one attached hydrogen (secondary N) is 1. The zero-order valence-corrected chi connectivity index (χ0v) is 13.0. The minimum atomic E-state index is 0.184. The van der Waals surface area contributed by atoms with E-state index in [1.54, 1.807) is 0 Å². The van der Waals surface area contributed by atoms with Crippen molar-refractivity contribution >= 4 is 0 Å². The average Bonchev–Trinajstić information content (AvgIpc) is 2.94. The summed E-state index contributed by atoms with van der Waals surface area (Å²) >= 11 is 0. The van der Waals surface area contributed by atoms with E-state index >= 15 is 0 Å². The molecule has 0 amide bonds. The molecule has 2 fully saturated rings. The van der Waals surface area contributed by atoms with Gasteiger partial charge in [0.05, 0.1) is 0 Å². The largest absolute Gasteiger partial charge is 0.508 e. The van der Waals surface area contributed by atoms with Crippen LogP contribution in [-0.4, -0.2) is 35.2 Å². The molecule has 3 nitrogen and oxygen atoms in total. The minimum absolute atomic E-state index is 0.184. The molecular formula is C17H26N2O. The second kappa shape index (κ2) is 4.74. The van der Waals surface area contributed by atoms with Gasteiger partial charge in [-0.2, -0.15) is 0 Å². The molecular weight excluding hydrogens is 248 g/mol. The molecule has 0 aliphatic carbocycles. The third kappa shape index (κ3) is 2.04. The Bertz CT molecular complexity index is 512. The van der Waals surface area contributed by atoms with Gasteiger partial charge in [-0.1, -0.05) is 17.7 Å². The lowest BCUT2D eigenvalue weighted by molar-refractivity contribution is 0.0958. The smallest absolute Gasteiger partial charge is 0.120 e. The number of hydrogen-bond acceptors (Lipinski definition) is 3. The van der Waals surface area contributed by atoms with Crippen molar-refractivity contribution in [2.24, 2.45) is 11.8 Å². The van der Waals surface area contributed by atoms with Gasteiger partial charge < -0.3 is 10.4 Å². The molecule has 3 rings (SSSR count). The van der Waals surface area contributed by atoms with E-state index in [1.165, 1.54) is 5.56 Å². The van der Waals surface area contributed by atoms with E-state index in [1.807, 2.05) is 12.1 Å². The first-order valence-electron chi connectivity index (χ1n) is 7.68. The monoisotopic (exact) mass is 274 g/mol. The maximum absolute atomic E-state index is 10.2. The molecule has 3 unspecified atom stereocenters. The SMILES string of the molecule is Cc1ccc(O)c(C(C)N2CC3CNCC3C2(C)C)c1. The number of aryl methyl sites for hydroxylation is 1. The lowest BCUT2D eigenvalue weighted by Gasteiger charge is -2.40. The van der Waals surface area contributed by atoms with Crippen LogP contribution in [0.25, 0.3) is 0 Å². The standard InChI is InChI=1S/C17H26N2O/c1-11-5-6-16(20)14(7-11)12(2)19-10-13-8-18-9-15(13)17(19,3)4/h5-7,12-13,15,18,20H,8-10H2,1-4H3. The number of aromatic hydroxyl groups is 1. The predicted molar refractivity (Wildman–Crippen MR) is 81.9 cm³/mol. The Kier molecular flexibility index (Phi) is 3.30. The van der Waals surface area contributed by atoms with Crippen molar-refractivity contribution in [2.45, 2.75) is 39.3 Å². The Balaban J connectivity index is 1.91. The van der Waals surface area contributed by atoms with Crippen LogP contribution in [0.2, 0.25) is 0 Å².